The number of imide groups is 1. The van der Waals surface area contributed by atoms with Gasteiger partial charge in [-0.05, 0) is 62.3 Å². The zero-order chi connectivity index (χ0) is 27.3. The average molecular weight is 522 g/mol. The number of fused-ring (bicyclic) bond motifs is 3. The summed E-state index contributed by atoms with van der Waals surface area (Å²) in [6.45, 7) is 1.76. The van der Waals surface area contributed by atoms with Crippen molar-refractivity contribution in [3.63, 3.8) is 0 Å². The number of amides is 2. The molecule has 0 saturated carbocycles. The minimum atomic E-state index is -0.891. The van der Waals surface area contributed by atoms with E-state index in [1.807, 2.05) is 6.08 Å². The molecule has 1 aliphatic heterocycles. The number of unbranched alkanes of at least 4 members (excludes halogenated alkanes) is 2. The first-order valence-corrected chi connectivity index (χ1v) is 12.9. The zero-order valence-corrected chi connectivity index (χ0v) is 20.9. The van der Waals surface area contributed by atoms with Gasteiger partial charge in [-0.25, -0.2) is 4.39 Å². The van der Waals surface area contributed by atoms with E-state index in [1.165, 1.54) is 23.1 Å². The van der Waals surface area contributed by atoms with Gasteiger partial charge in [-0.15, -0.1) is 0 Å². The van der Waals surface area contributed by atoms with Crippen LogP contribution in [0.1, 0.15) is 56.9 Å². The molecule has 0 bridgehead atoms. The van der Waals surface area contributed by atoms with Gasteiger partial charge in [0.2, 0.25) is 11.8 Å². The summed E-state index contributed by atoms with van der Waals surface area (Å²) < 4.78 is 14.4. The predicted molar refractivity (Wildman–Crippen MR) is 132 cm³/mol. The summed E-state index contributed by atoms with van der Waals surface area (Å²) in [6, 6.07) is 3.86. The number of hydrogen-bond donors (Lipinski definition) is 2. The van der Waals surface area contributed by atoms with Crippen LogP contribution in [0.2, 0.25) is 0 Å². The van der Waals surface area contributed by atoms with Crippen molar-refractivity contribution in [3.8, 4) is 5.75 Å². The first kappa shape index (κ1) is 25.8. The summed E-state index contributed by atoms with van der Waals surface area (Å²) in [5.41, 5.74) is 1.96. The topological polar surface area (TPSA) is 129 Å². The van der Waals surface area contributed by atoms with Gasteiger partial charge in [0.25, 0.3) is 0 Å². The molecule has 1 aromatic rings. The number of halogens is 1. The first-order valence-electron chi connectivity index (χ1n) is 12.9. The lowest BCUT2D eigenvalue weighted by Gasteiger charge is -2.42. The number of Topliss-reactive ketones (excluding diaryl/α,β-unsaturated/α-hetero) is 1. The van der Waals surface area contributed by atoms with Gasteiger partial charge in [0.1, 0.15) is 0 Å². The van der Waals surface area contributed by atoms with Crippen LogP contribution in [0.5, 0.6) is 5.75 Å². The molecule has 3 aliphatic carbocycles. The van der Waals surface area contributed by atoms with Crippen molar-refractivity contribution in [2.45, 2.75) is 51.4 Å². The third kappa shape index (κ3) is 4.19. The second-order valence-electron chi connectivity index (χ2n) is 10.5. The Bertz CT molecular complexity index is 1370. The van der Waals surface area contributed by atoms with Gasteiger partial charge in [0, 0.05) is 35.6 Å². The Morgan fingerprint density at radius 1 is 1.08 bits per heavy atom. The van der Waals surface area contributed by atoms with Crippen LogP contribution in [0.15, 0.2) is 52.6 Å². The van der Waals surface area contributed by atoms with E-state index in [0.717, 1.165) is 6.07 Å². The van der Waals surface area contributed by atoms with Crippen LogP contribution in [0.4, 0.5) is 4.39 Å². The highest BCUT2D eigenvalue weighted by Gasteiger charge is 2.56. The highest BCUT2D eigenvalue weighted by molar-refractivity contribution is 6.23. The lowest BCUT2D eigenvalue weighted by molar-refractivity contribution is -0.141. The number of nitrogens with zero attached hydrogens (tertiary/aromatic N) is 1. The SMILES string of the molecule is CC1=CC(=O)C2=C(C[C@@H]3C(=CC[C@@H]4C(=O)N(CCCCCC(=O)O)C(=O)[C@@H]43)[C@@H]2c2ccc(O)c(F)c2)C1=O. The smallest absolute Gasteiger partial charge is 0.303 e. The Morgan fingerprint density at radius 2 is 1.84 bits per heavy atom. The number of allylic oxidation sites excluding steroid dienone is 6. The highest BCUT2D eigenvalue weighted by Crippen LogP contribution is 2.55. The van der Waals surface area contributed by atoms with E-state index in [2.05, 4.69) is 0 Å². The Balaban J connectivity index is 1.50. The molecular formula is C29H28FNO7. The zero-order valence-electron chi connectivity index (χ0n) is 20.9. The molecule has 0 spiro atoms. The van der Waals surface area contributed by atoms with Gasteiger partial charge in [0.15, 0.2) is 23.1 Å². The normalized spacial score (nSPS) is 26.6. The fraction of sp³-hybridized carbons (Fsp3) is 0.414. The minimum Gasteiger partial charge on any atom is -0.505 e. The monoisotopic (exact) mass is 521 g/mol. The number of rotatable bonds is 7. The summed E-state index contributed by atoms with van der Waals surface area (Å²) >= 11 is 0. The molecule has 2 N–H and O–H groups in total. The standard InChI is InChI=1S/C29H28FNO7/c1-14-11-22(33)26-19(27(14)36)13-18-16(24(26)15-6-9-21(32)20(30)12-15)7-8-17-25(18)29(38)31(28(17)37)10-4-2-3-5-23(34)35/h6-7,9,11-12,17-18,24-25,32H,2-5,8,10,13H2,1H3,(H,34,35)/t17-,18+,24-,25-/m0/s1. The number of benzene rings is 1. The van der Waals surface area contributed by atoms with Crippen molar-refractivity contribution in [3.05, 3.63) is 64.0 Å². The molecule has 8 nitrogen and oxygen atoms in total. The van der Waals surface area contributed by atoms with Crippen LogP contribution >= 0.6 is 0 Å². The fourth-order valence-electron chi connectivity index (χ4n) is 6.47. The van der Waals surface area contributed by atoms with Gasteiger partial charge in [-0.2, -0.15) is 0 Å². The molecule has 2 amide bonds. The molecule has 198 valence electrons. The number of aliphatic carboxylic acids is 1. The van der Waals surface area contributed by atoms with Crippen molar-refractivity contribution in [1.29, 1.82) is 0 Å². The van der Waals surface area contributed by atoms with Crippen LogP contribution in [-0.4, -0.2) is 51.0 Å². The van der Waals surface area contributed by atoms with Crippen LogP contribution in [0.25, 0.3) is 0 Å². The van der Waals surface area contributed by atoms with Crippen LogP contribution in [0, 0.1) is 23.6 Å². The summed E-state index contributed by atoms with van der Waals surface area (Å²) in [5.74, 6) is -6.08. The number of carbonyl (C=O) groups is 5. The van der Waals surface area contributed by atoms with Crippen molar-refractivity contribution >= 4 is 29.4 Å². The fourth-order valence-corrected chi connectivity index (χ4v) is 6.47. The highest BCUT2D eigenvalue weighted by atomic mass is 19.1. The van der Waals surface area contributed by atoms with E-state index in [0.29, 0.717) is 41.5 Å². The molecule has 0 aromatic heterocycles. The number of phenolic OH excluding ortho intramolecular Hbond substituents is 1. The first-order chi connectivity index (χ1) is 18.1. The number of carboxylic acid groups (broad SMARTS) is 1. The van der Waals surface area contributed by atoms with Gasteiger partial charge in [-0.3, -0.25) is 28.9 Å². The maximum absolute atomic E-state index is 14.4. The molecule has 1 saturated heterocycles. The van der Waals surface area contributed by atoms with Crippen molar-refractivity contribution in [2.24, 2.45) is 17.8 Å². The van der Waals surface area contributed by atoms with Crippen LogP contribution in [-0.2, 0) is 24.0 Å². The van der Waals surface area contributed by atoms with Crippen molar-refractivity contribution in [2.75, 3.05) is 6.54 Å². The van der Waals surface area contributed by atoms with Gasteiger partial charge < -0.3 is 10.2 Å². The van der Waals surface area contributed by atoms with E-state index in [4.69, 9.17) is 5.11 Å². The number of carboxylic acids is 1. The number of aromatic hydroxyl groups is 1. The summed E-state index contributed by atoms with van der Waals surface area (Å²) in [6.07, 6.45) is 5.12. The Labute approximate surface area is 218 Å². The predicted octanol–water partition coefficient (Wildman–Crippen LogP) is 3.61. The van der Waals surface area contributed by atoms with Gasteiger partial charge in [-0.1, -0.05) is 24.1 Å². The summed E-state index contributed by atoms with van der Waals surface area (Å²) in [4.78, 5) is 65.2. The molecule has 0 radical (unpaired) electrons. The number of phenols is 1. The minimum absolute atomic E-state index is 0.0276. The number of hydrogen-bond acceptors (Lipinski definition) is 6. The van der Waals surface area contributed by atoms with Gasteiger partial charge >= 0.3 is 5.97 Å². The average Bonchev–Trinajstić information content (AvgIpc) is 3.12. The summed E-state index contributed by atoms with van der Waals surface area (Å²) in [7, 11) is 0. The molecule has 9 heteroatoms. The largest absolute Gasteiger partial charge is 0.505 e. The maximum Gasteiger partial charge on any atom is 0.303 e. The number of carbonyl (C=O) groups excluding carboxylic acids is 4. The molecule has 4 atom stereocenters. The molecule has 4 aliphatic rings. The van der Waals surface area contributed by atoms with Crippen LogP contribution in [0.3, 0.4) is 0 Å². The lowest BCUT2D eigenvalue weighted by Crippen LogP contribution is -2.39. The Hall–Kier alpha value is -3.88. The summed E-state index contributed by atoms with van der Waals surface area (Å²) in [5, 5.41) is 18.5. The Morgan fingerprint density at radius 3 is 2.55 bits per heavy atom. The van der Waals surface area contributed by atoms with E-state index < -0.39 is 41.2 Å². The quantitative estimate of drug-likeness (QED) is 0.243. The van der Waals surface area contributed by atoms with Gasteiger partial charge in [0.05, 0.1) is 11.8 Å². The second-order valence-corrected chi connectivity index (χ2v) is 10.5. The van der Waals surface area contributed by atoms with E-state index >= 15 is 0 Å². The lowest BCUT2D eigenvalue weighted by atomic mass is 9.59. The molecule has 1 heterocycles. The van der Waals surface area contributed by atoms with E-state index in [9.17, 15) is 33.5 Å². The molecule has 5 rings (SSSR count). The van der Waals surface area contributed by atoms with E-state index in [1.54, 1.807) is 6.92 Å². The molecule has 1 fully saturated rings. The third-order valence-corrected chi connectivity index (χ3v) is 8.23. The van der Waals surface area contributed by atoms with Crippen molar-refractivity contribution in [1.82, 2.24) is 4.90 Å². The molecule has 1 aromatic carbocycles. The van der Waals surface area contributed by atoms with Crippen molar-refractivity contribution < 1.29 is 38.6 Å². The third-order valence-electron chi connectivity index (χ3n) is 8.23. The molecule has 38 heavy (non-hydrogen) atoms. The second kappa shape index (κ2) is 9.78. The number of ketones is 2. The molecular weight excluding hydrogens is 493 g/mol. The Kier molecular flexibility index (Phi) is 6.63. The number of likely N-dealkylation sites (tertiary alicyclic amines) is 1. The molecule has 0 unspecified atom stereocenters. The van der Waals surface area contributed by atoms with Crippen LogP contribution < -0.4 is 0 Å². The maximum atomic E-state index is 14.4. The van der Waals surface area contributed by atoms with E-state index in [-0.39, 0.29) is 54.8 Å².